The van der Waals surface area contributed by atoms with Gasteiger partial charge in [-0.3, -0.25) is 4.79 Å². The van der Waals surface area contributed by atoms with Crippen LogP contribution in [-0.4, -0.2) is 46.5 Å². The Labute approximate surface area is 228 Å². The van der Waals surface area contributed by atoms with Gasteiger partial charge < -0.3 is 25.1 Å². The molecule has 1 fully saturated rings. The summed E-state index contributed by atoms with van der Waals surface area (Å²) >= 11 is 6.30. The van der Waals surface area contributed by atoms with Crippen LogP contribution >= 0.6 is 11.6 Å². The molecule has 6 rings (SSSR count). The number of nitrogens with zero attached hydrogens (tertiary/aromatic N) is 3. The molecule has 0 bridgehead atoms. The molecule has 1 spiro atoms. The third-order valence-electron chi connectivity index (χ3n) is 7.43. The van der Waals surface area contributed by atoms with Gasteiger partial charge in [0.15, 0.2) is 11.6 Å². The first-order chi connectivity index (χ1) is 18.8. The first-order valence-corrected chi connectivity index (χ1v) is 12.9. The number of nitrogens with two attached hydrogens (primary N) is 1. The van der Waals surface area contributed by atoms with Crippen LogP contribution in [0.2, 0.25) is 5.02 Å². The number of nitrogens with one attached hydrogen (secondary N) is 1. The smallest absolute Gasteiger partial charge is 0.340 e. The summed E-state index contributed by atoms with van der Waals surface area (Å²) in [7, 11) is 1.54. The number of ether oxygens (including phenoxy) is 2. The molecule has 4 heterocycles. The molecule has 2 aromatic heterocycles. The number of ketones is 1. The summed E-state index contributed by atoms with van der Waals surface area (Å²) in [5.41, 5.74) is 7.09. The standard InChI is InChI=1S/C28H25ClFN5O4/c1-38-14-22-33-11-15(26(31)34-22)12-35-13-18(17-3-2-16(29)10-21(17)35)25(36)24-20(30)5-4-19-23(24)27(37)39-28(19)6-8-32-9-7-28/h2-5,10-11,13,32H,6-9,12,14H2,1H3,(H2,31,33,34). The van der Waals surface area contributed by atoms with Crippen molar-refractivity contribution in [1.82, 2.24) is 19.9 Å². The number of aromatic nitrogens is 3. The second-order valence-electron chi connectivity index (χ2n) is 9.77. The Kier molecular flexibility index (Phi) is 6.33. The predicted octanol–water partition coefficient (Wildman–Crippen LogP) is 3.98. The zero-order valence-electron chi connectivity index (χ0n) is 21.1. The molecule has 200 valence electrons. The van der Waals surface area contributed by atoms with Gasteiger partial charge in [-0.05, 0) is 31.3 Å². The van der Waals surface area contributed by atoms with Crippen LogP contribution in [0.25, 0.3) is 10.9 Å². The molecular formula is C28H25ClFN5O4. The SMILES string of the molecule is COCc1ncc(Cn2cc(C(=O)c3c(F)ccc4c3C(=O)OC43CCNCC3)c3ccc(Cl)cc32)c(N)n1. The fraction of sp³-hybridized carbons (Fsp3) is 0.286. The van der Waals surface area contributed by atoms with Gasteiger partial charge in [0, 0.05) is 59.4 Å². The molecule has 2 aromatic carbocycles. The van der Waals surface area contributed by atoms with Crippen molar-refractivity contribution in [2.24, 2.45) is 0 Å². The maximum atomic E-state index is 15.4. The van der Waals surface area contributed by atoms with Crippen LogP contribution in [0.1, 0.15) is 56.1 Å². The van der Waals surface area contributed by atoms with Gasteiger partial charge in [0.1, 0.15) is 23.8 Å². The Balaban J connectivity index is 1.45. The van der Waals surface area contributed by atoms with Gasteiger partial charge in [-0.1, -0.05) is 23.7 Å². The Morgan fingerprint density at radius 2 is 2.08 bits per heavy atom. The molecule has 0 saturated carbocycles. The summed E-state index contributed by atoms with van der Waals surface area (Å²) in [6.07, 6.45) is 4.32. The van der Waals surface area contributed by atoms with E-state index in [-0.39, 0.29) is 35.7 Å². The number of methoxy groups -OCH3 is 1. The number of rotatable bonds is 6. The third-order valence-corrected chi connectivity index (χ3v) is 7.66. The van der Waals surface area contributed by atoms with E-state index in [1.807, 2.05) is 0 Å². The van der Waals surface area contributed by atoms with E-state index in [1.165, 1.54) is 6.07 Å². The number of anilines is 1. The number of carbonyl (C=O) groups is 2. The highest BCUT2D eigenvalue weighted by Gasteiger charge is 2.48. The molecule has 0 aliphatic carbocycles. The number of piperidine rings is 1. The fourth-order valence-corrected chi connectivity index (χ4v) is 5.72. The van der Waals surface area contributed by atoms with Crippen LogP contribution in [0.4, 0.5) is 10.2 Å². The maximum absolute atomic E-state index is 15.4. The number of carbonyl (C=O) groups excluding carboxylic acids is 2. The minimum Gasteiger partial charge on any atom is -0.450 e. The second kappa shape index (κ2) is 9.71. The van der Waals surface area contributed by atoms with Crippen LogP contribution < -0.4 is 11.1 Å². The largest absolute Gasteiger partial charge is 0.450 e. The molecule has 0 amide bonds. The van der Waals surface area contributed by atoms with E-state index in [2.05, 4.69) is 15.3 Å². The van der Waals surface area contributed by atoms with Crippen molar-refractivity contribution in [1.29, 1.82) is 0 Å². The first kappa shape index (κ1) is 25.4. The van der Waals surface area contributed by atoms with Gasteiger partial charge in [0.05, 0.1) is 23.2 Å². The lowest BCUT2D eigenvalue weighted by molar-refractivity contribution is -0.0242. The van der Waals surface area contributed by atoms with Crippen molar-refractivity contribution in [3.05, 3.63) is 87.2 Å². The number of hydrogen-bond acceptors (Lipinski definition) is 8. The molecule has 0 unspecified atom stereocenters. The number of halogens is 2. The van der Waals surface area contributed by atoms with Gasteiger partial charge in [-0.2, -0.15) is 0 Å². The summed E-state index contributed by atoms with van der Waals surface area (Å²) in [4.78, 5) is 35.7. The maximum Gasteiger partial charge on any atom is 0.340 e. The Morgan fingerprint density at radius 3 is 2.82 bits per heavy atom. The number of nitrogen functional groups attached to an aromatic ring is 1. The number of esters is 1. The minimum atomic E-state index is -0.853. The van der Waals surface area contributed by atoms with E-state index in [9.17, 15) is 9.59 Å². The van der Waals surface area contributed by atoms with Gasteiger partial charge >= 0.3 is 5.97 Å². The zero-order valence-corrected chi connectivity index (χ0v) is 21.8. The molecule has 2 aliphatic heterocycles. The zero-order chi connectivity index (χ0) is 27.3. The quantitative estimate of drug-likeness (QED) is 0.274. The van der Waals surface area contributed by atoms with E-state index in [4.69, 9.17) is 26.8 Å². The Bertz CT molecular complexity index is 1650. The molecule has 0 atom stereocenters. The normalized spacial score (nSPS) is 16.0. The van der Waals surface area contributed by atoms with Crippen molar-refractivity contribution in [2.45, 2.75) is 31.6 Å². The average molecular weight is 550 g/mol. The highest BCUT2D eigenvalue weighted by atomic mass is 35.5. The summed E-state index contributed by atoms with van der Waals surface area (Å²) in [6.45, 7) is 1.76. The molecule has 2 aliphatic rings. The molecule has 1 saturated heterocycles. The Morgan fingerprint density at radius 1 is 1.28 bits per heavy atom. The molecule has 9 nitrogen and oxygen atoms in total. The topological polar surface area (TPSA) is 121 Å². The van der Waals surface area contributed by atoms with Gasteiger partial charge in [0.25, 0.3) is 0 Å². The molecule has 39 heavy (non-hydrogen) atoms. The highest BCUT2D eigenvalue weighted by molar-refractivity contribution is 6.31. The summed E-state index contributed by atoms with van der Waals surface area (Å²) < 4.78 is 28.0. The summed E-state index contributed by atoms with van der Waals surface area (Å²) in [5.74, 6) is -1.35. The van der Waals surface area contributed by atoms with Crippen molar-refractivity contribution < 1.29 is 23.5 Å². The minimum absolute atomic E-state index is 0.00291. The van der Waals surface area contributed by atoms with Crippen LogP contribution in [0, 0.1) is 5.82 Å². The van der Waals surface area contributed by atoms with Gasteiger partial charge in [-0.15, -0.1) is 0 Å². The highest BCUT2D eigenvalue weighted by Crippen LogP contribution is 2.45. The van der Waals surface area contributed by atoms with Gasteiger partial charge in [-0.25, -0.2) is 19.2 Å². The summed E-state index contributed by atoms with van der Waals surface area (Å²) in [6, 6.07) is 7.89. The second-order valence-corrected chi connectivity index (χ2v) is 10.2. The van der Waals surface area contributed by atoms with E-state index in [0.29, 0.717) is 58.8 Å². The Hall–Kier alpha value is -3.86. The van der Waals surface area contributed by atoms with E-state index < -0.39 is 23.2 Å². The summed E-state index contributed by atoms with van der Waals surface area (Å²) in [5, 5.41) is 4.26. The van der Waals surface area contributed by atoms with E-state index >= 15 is 4.39 Å². The molecular weight excluding hydrogens is 525 g/mol. The lowest BCUT2D eigenvalue weighted by atomic mass is 9.82. The predicted molar refractivity (Wildman–Crippen MR) is 142 cm³/mol. The molecule has 0 radical (unpaired) electrons. The first-order valence-electron chi connectivity index (χ1n) is 12.5. The monoisotopic (exact) mass is 549 g/mol. The molecule has 3 N–H and O–H groups in total. The van der Waals surface area contributed by atoms with Crippen molar-refractivity contribution in [3.63, 3.8) is 0 Å². The third kappa shape index (κ3) is 4.25. The van der Waals surface area contributed by atoms with Crippen molar-refractivity contribution >= 4 is 40.1 Å². The van der Waals surface area contributed by atoms with Gasteiger partial charge in [0.2, 0.25) is 0 Å². The lowest BCUT2D eigenvalue weighted by Crippen LogP contribution is -2.40. The number of benzene rings is 2. The number of fused-ring (bicyclic) bond motifs is 3. The van der Waals surface area contributed by atoms with Crippen molar-refractivity contribution in [3.8, 4) is 0 Å². The average Bonchev–Trinajstić information content (AvgIpc) is 3.40. The van der Waals surface area contributed by atoms with Crippen LogP contribution in [-0.2, 0) is 28.2 Å². The van der Waals surface area contributed by atoms with Crippen molar-refractivity contribution in [2.75, 3.05) is 25.9 Å². The van der Waals surface area contributed by atoms with Crippen LogP contribution in [0.3, 0.4) is 0 Å². The van der Waals surface area contributed by atoms with E-state index in [0.717, 1.165) is 0 Å². The van der Waals surface area contributed by atoms with Crippen LogP contribution in [0.15, 0.2) is 42.7 Å². The van der Waals surface area contributed by atoms with E-state index in [1.54, 1.807) is 48.3 Å². The van der Waals surface area contributed by atoms with Crippen LogP contribution in [0.5, 0.6) is 0 Å². The number of hydrogen-bond donors (Lipinski definition) is 2. The molecule has 11 heteroatoms. The molecule has 4 aromatic rings. The fourth-order valence-electron chi connectivity index (χ4n) is 5.55. The lowest BCUT2D eigenvalue weighted by Gasteiger charge is -2.33.